The Morgan fingerprint density at radius 2 is 2.09 bits per heavy atom. The fourth-order valence-corrected chi connectivity index (χ4v) is 5.40. The first-order valence-corrected chi connectivity index (χ1v) is 11.5. The standard InChI is InChI=1S/C26H28ClFO5/c1-14(2)19-12-20-18-8-7-17(31-3)9-15(18)5-4-6-23(20)33-25(19)21-10-16(28)11-22(27)26(21)32-13-24(29)30/h7-11,19-20,23,25H,1,4-6,12-13H2,2-3H3,(H,29,30)/t19-,20+,23-,25-/m0/s1. The predicted molar refractivity (Wildman–Crippen MR) is 124 cm³/mol. The molecule has 1 aliphatic heterocycles. The Labute approximate surface area is 198 Å². The van der Waals surface area contributed by atoms with E-state index < -0.39 is 24.5 Å². The number of aliphatic carboxylic acids is 1. The molecule has 0 amide bonds. The molecule has 0 spiro atoms. The Balaban J connectivity index is 1.74. The van der Waals surface area contributed by atoms with Crippen molar-refractivity contribution in [2.24, 2.45) is 5.92 Å². The summed E-state index contributed by atoms with van der Waals surface area (Å²) in [6, 6.07) is 8.66. The van der Waals surface area contributed by atoms with Crippen LogP contribution in [0.15, 0.2) is 42.5 Å². The zero-order valence-electron chi connectivity index (χ0n) is 18.8. The summed E-state index contributed by atoms with van der Waals surface area (Å²) >= 11 is 6.28. The molecule has 1 heterocycles. The summed E-state index contributed by atoms with van der Waals surface area (Å²) in [6.45, 7) is 5.54. The molecule has 5 nitrogen and oxygen atoms in total. The molecule has 0 aromatic heterocycles. The normalized spacial score (nSPS) is 24.2. The SMILES string of the molecule is C=C(C)[C@@H]1C[C@@H]2c3ccc(OC)cc3CCC[C@@H]2O[C@@H]1c1cc(F)cc(Cl)c1OCC(=O)O. The molecule has 1 saturated heterocycles. The van der Waals surface area contributed by atoms with Crippen molar-refractivity contribution < 1.29 is 28.5 Å². The number of fused-ring (bicyclic) bond motifs is 3. The summed E-state index contributed by atoms with van der Waals surface area (Å²) < 4.78 is 32.0. The van der Waals surface area contributed by atoms with Crippen molar-refractivity contribution in [1.29, 1.82) is 0 Å². The largest absolute Gasteiger partial charge is 0.497 e. The summed E-state index contributed by atoms with van der Waals surface area (Å²) in [7, 11) is 1.67. The second-order valence-electron chi connectivity index (χ2n) is 8.84. The molecule has 1 fully saturated rings. The van der Waals surface area contributed by atoms with E-state index in [1.807, 2.05) is 13.0 Å². The second kappa shape index (κ2) is 9.74. The lowest BCUT2D eigenvalue weighted by atomic mass is 9.74. The summed E-state index contributed by atoms with van der Waals surface area (Å²) in [4.78, 5) is 11.1. The van der Waals surface area contributed by atoms with E-state index in [9.17, 15) is 9.18 Å². The van der Waals surface area contributed by atoms with Gasteiger partial charge in [0, 0.05) is 17.4 Å². The third-order valence-corrected chi connectivity index (χ3v) is 6.93. The first kappa shape index (κ1) is 23.6. The highest BCUT2D eigenvalue weighted by Gasteiger charge is 2.42. The number of carboxylic acid groups (broad SMARTS) is 1. The van der Waals surface area contributed by atoms with Gasteiger partial charge in [0.2, 0.25) is 0 Å². The summed E-state index contributed by atoms with van der Waals surface area (Å²) in [5.74, 6) is -0.634. The number of benzene rings is 2. The van der Waals surface area contributed by atoms with E-state index in [-0.39, 0.29) is 28.7 Å². The van der Waals surface area contributed by atoms with Crippen molar-refractivity contribution in [3.63, 3.8) is 0 Å². The van der Waals surface area contributed by atoms with Crippen LogP contribution in [-0.2, 0) is 16.0 Å². The van der Waals surface area contributed by atoms with Gasteiger partial charge in [-0.25, -0.2) is 9.18 Å². The smallest absolute Gasteiger partial charge is 0.341 e. The molecule has 2 aromatic carbocycles. The first-order chi connectivity index (χ1) is 15.8. The van der Waals surface area contributed by atoms with Crippen LogP contribution in [0.1, 0.15) is 54.9 Å². The molecule has 0 radical (unpaired) electrons. The average molecular weight is 475 g/mol. The van der Waals surface area contributed by atoms with Crippen LogP contribution < -0.4 is 9.47 Å². The molecule has 4 atom stereocenters. The number of methoxy groups -OCH3 is 1. The number of aryl methyl sites for hydroxylation is 1. The molecule has 4 rings (SSSR count). The van der Waals surface area contributed by atoms with Crippen LogP contribution in [0.4, 0.5) is 4.39 Å². The van der Waals surface area contributed by atoms with E-state index >= 15 is 0 Å². The van der Waals surface area contributed by atoms with Gasteiger partial charge in [-0.2, -0.15) is 0 Å². The first-order valence-electron chi connectivity index (χ1n) is 11.1. The zero-order chi connectivity index (χ0) is 23.7. The molecule has 1 N–H and O–H groups in total. The number of ether oxygens (including phenoxy) is 3. The monoisotopic (exact) mass is 474 g/mol. The van der Waals surface area contributed by atoms with Crippen molar-refractivity contribution in [2.75, 3.05) is 13.7 Å². The number of halogens is 2. The Bertz CT molecular complexity index is 1070. The van der Waals surface area contributed by atoms with E-state index in [0.717, 1.165) is 43.1 Å². The number of rotatable bonds is 6. The lowest BCUT2D eigenvalue weighted by Gasteiger charge is -2.43. The Kier molecular flexibility index (Phi) is 6.96. The molecule has 1 aliphatic carbocycles. The molecule has 0 unspecified atom stereocenters. The molecule has 2 aliphatic rings. The zero-order valence-corrected chi connectivity index (χ0v) is 19.5. The molecular weight excluding hydrogens is 447 g/mol. The third-order valence-electron chi connectivity index (χ3n) is 6.64. The highest BCUT2D eigenvalue weighted by molar-refractivity contribution is 6.32. The van der Waals surface area contributed by atoms with Crippen molar-refractivity contribution in [3.05, 3.63) is 70.0 Å². The summed E-state index contributed by atoms with van der Waals surface area (Å²) in [5.41, 5.74) is 3.85. The third kappa shape index (κ3) is 4.87. The van der Waals surface area contributed by atoms with Crippen molar-refractivity contribution >= 4 is 17.6 Å². The average Bonchev–Trinajstić information content (AvgIpc) is 2.95. The van der Waals surface area contributed by atoms with E-state index in [4.69, 9.17) is 30.9 Å². The lowest BCUT2D eigenvalue weighted by molar-refractivity contribution is -0.139. The van der Waals surface area contributed by atoms with Crippen LogP contribution in [0.25, 0.3) is 0 Å². The second-order valence-corrected chi connectivity index (χ2v) is 9.24. The maximum Gasteiger partial charge on any atom is 0.341 e. The van der Waals surface area contributed by atoms with Crippen LogP contribution in [0, 0.1) is 11.7 Å². The van der Waals surface area contributed by atoms with Gasteiger partial charge in [0.25, 0.3) is 0 Å². The Morgan fingerprint density at radius 3 is 2.79 bits per heavy atom. The highest BCUT2D eigenvalue weighted by Crippen LogP contribution is 2.51. The quantitative estimate of drug-likeness (QED) is 0.513. The molecular formula is C26H28ClFO5. The van der Waals surface area contributed by atoms with E-state index in [1.165, 1.54) is 17.2 Å². The van der Waals surface area contributed by atoms with Crippen molar-refractivity contribution in [2.45, 2.75) is 50.7 Å². The van der Waals surface area contributed by atoms with Gasteiger partial charge in [-0.05, 0) is 68.0 Å². The predicted octanol–water partition coefficient (Wildman–Crippen LogP) is 6.09. The van der Waals surface area contributed by atoms with Gasteiger partial charge in [0.05, 0.1) is 24.3 Å². The van der Waals surface area contributed by atoms with Gasteiger partial charge < -0.3 is 19.3 Å². The molecule has 33 heavy (non-hydrogen) atoms. The molecule has 176 valence electrons. The minimum absolute atomic E-state index is 0.0238. The van der Waals surface area contributed by atoms with E-state index in [1.54, 1.807) is 7.11 Å². The highest BCUT2D eigenvalue weighted by atomic mass is 35.5. The van der Waals surface area contributed by atoms with E-state index in [2.05, 4.69) is 18.7 Å². The maximum absolute atomic E-state index is 14.4. The molecule has 2 aromatic rings. The number of carboxylic acids is 1. The van der Waals surface area contributed by atoms with Crippen LogP contribution in [0.5, 0.6) is 11.5 Å². The number of carbonyl (C=O) groups is 1. The van der Waals surface area contributed by atoms with E-state index in [0.29, 0.717) is 5.56 Å². The van der Waals surface area contributed by atoms with Crippen LogP contribution in [0.2, 0.25) is 5.02 Å². The minimum Gasteiger partial charge on any atom is -0.497 e. The fourth-order valence-electron chi connectivity index (χ4n) is 5.13. The lowest BCUT2D eigenvalue weighted by Crippen LogP contribution is -2.36. The van der Waals surface area contributed by atoms with Gasteiger partial charge in [-0.15, -0.1) is 0 Å². The summed E-state index contributed by atoms with van der Waals surface area (Å²) in [6.07, 6.45) is 2.91. The Hall–Kier alpha value is -2.57. The van der Waals surface area contributed by atoms with Gasteiger partial charge in [0.1, 0.15) is 17.3 Å². The van der Waals surface area contributed by atoms with Gasteiger partial charge >= 0.3 is 5.97 Å². The molecule has 7 heteroatoms. The fraction of sp³-hybridized carbons (Fsp3) is 0.423. The van der Waals surface area contributed by atoms with Gasteiger partial charge in [0.15, 0.2) is 6.61 Å². The molecule has 0 saturated carbocycles. The molecule has 0 bridgehead atoms. The van der Waals surface area contributed by atoms with Crippen LogP contribution in [0.3, 0.4) is 0 Å². The maximum atomic E-state index is 14.4. The summed E-state index contributed by atoms with van der Waals surface area (Å²) in [5, 5.41) is 9.11. The topological polar surface area (TPSA) is 65.0 Å². The van der Waals surface area contributed by atoms with Crippen molar-refractivity contribution in [1.82, 2.24) is 0 Å². The Morgan fingerprint density at radius 1 is 1.30 bits per heavy atom. The minimum atomic E-state index is -1.14. The van der Waals surface area contributed by atoms with Crippen LogP contribution in [-0.4, -0.2) is 30.9 Å². The number of hydrogen-bond donors (Lipinski definition) is 1. The number of hydrogen-bond acceptors (Lipinski definition) is 4. The van der Waals surface area contributed by atoms with Gasteiger partial charge in [-0.1, -0.05) is 29.8 Å². The van der Waals surface area contributed by atoms with Crippen LogP contribution >= 0.6 is 11.6 Å². The van der Waals surface area contributed by atoms with Gasteiger partial charge in [-0.3, -0.25) is 0 Å². The van der Waals surface area contributed by atoms with Crippen molar-refractivity contribution in [3.8, 4) is 11.5 Å².